The molecule has 0 N–H and O–H groups in total. The molecule has 0 aliphatic heterocycles. The van der Waals surface area contributed by atoms with Crippen LogP contribution in [0, 0.1) is 0 Å². The SMILES string of the molecule is FP(F)CCl. The molecule has 0 amide bonds. The molecule has 0 aromatic carbocycles. The zero-order chi connectivity index (χ0) is 4.28. The van der Waals surface area contributed by atoms with Gasteiger partial charge in [0.1, 0.15) is 5.62 Å². The van der Waals surface area contributed by atoms with Crippen LogP contribution in [-0.4, -0.2) is 5.62 Å². The lowest BCUT2D eigenvalue weighted by Gasteiger charge is -1.77. The van der Waals surface area contributed by atoms with Crippen molar-refractivity contribution < 1.29 is 8.39 Å². The fourth-order valence-electron chi connectivity index (χ4n) is 0. The van der Waals surface area contributed by atoms with Gasteiger partial charge in [-0.05, 0) is 0 Å². The van der Waals surface area contributed by atoms with E-state index >= 15 is 0 Å². The lowest BCUT2D eigenvalue weighted by atomic mass is 11.9. The molecular weight excluding hydrogens is 116 g/mol. The fourth-order valence-corrected chi connectivity index (χ4v) is 0. The quantitative estimate of drug-likeness (QED) is 0.366. The van der Waals surface area contributed by atoms with Gasteiger partial charge < -0.3 is 0 Å². The first-order valence-corrected chi connectivity index (χ1v) is 2.76. The molecule has 0 unspecified atom stereocenters. The summed E-state index contributed by atoms with van der Waals surface area (Å²) in [6, 6.07) is 0. The van der Waals surface area contributed by atoms with Crippen molar-refractivity contribution in [3.05, 3.63) is 0 Å². The molecule has 0 saturated carbocycles. The van der Waals surface area contributed by atoms with E-state index in [0.29, 0.717) is 0 Å². The third-order valence-corrected chi connectivity index (χ3v) is 0.813. The Bertz CT molecular complexity index is 23.6. The lowest BCUT2D eigenvalue weighted by molar-refractivity contribution is 0.753. The van der Waals surface area contributed by atoms with Gasteiger partial charge >= 0.3 is 0 Å². The molecule has 5 heavy (non-hydrogen) atoms. The number of halogens is 3. The third kappa shape index (κ3) is 4.58. The second-order valence-corrected chi connectivity index (χ2v) is 1.98. The van der Waals surface area contributed by atoms with Crippen LogP contribution in [0.1, 0.15) is 0 Å². The highest BCUT2D eigenvalue weighted by atomic mass is 35.5. The van der Waals surface area contributed by atoms with Crippen molar-refractivity contribution in [2.75, 3.05) is 5.62 Å². The van der Waals surface area contributed by atoms with Crippen molar-refractivity contribution in [3.63, 3.8) is 0 Å². The first-order chi connectivity index (χ1) is 2.27. The Hall–Kier alpha value is 0.580. The minimum absolute atomic E-state index is 0.491. The zero-order valence-corrected chi connectivity index (χ0v) is 3.94. The van der Waals surface area contributed by atoms with Crippen LogP contribution >= 0.6 is 20.1 Å². The molecule has 0 atom stereocenters. The summed E-state index contributed by atoms with van der Waals surface area (Å²) in [5.41, 5.74) is -0.491. The van der Waals surface area contributed by atoms with Gasteiger partial charge in [0.2, 0.25) is 0 Å². The number of alkyl halides is 1. The average Bonchev–Trinajstić information content (AvgIpc) is 1.38. The highest BCUT2D eigenvalue weighted by Crippen LogP contribution is 2.38. The first kappa shape index (κ1) is 5.58. The zero-order valence-electron chi connectivity index (χ0n) is 2.29. The smallest absolute Gasteiger partial charge is 0.187 e. The summed E-state index contributed by atoms with van der Waals surface area (Å²) in [7, 11) is -2.83. The number of rotatable bonds is 1. The Morgan fingerprint density at radius 3 is 1.80 bits per heavy atom. The summed E-state index contributed by atoms with van der Waals surface area (Å²) in [6.07, 6.45) is 0. The van der Waals surface area contributed by atoms with E-state index in [9.17, 15) is 8.39 Å². The van der Waals surface area contributed by atoms with Crippen molar-refractivity contribution in [1.82, 2.24) is 0 Å². The van der Waals surface area contributed by atoms with Crippen molar-refractivity contribution in [3.8, 4) is 0 Å². The molecule has 0 fully saturated rings. The molecule has 0 aromatic rings. The summed E-state index contributed by atoms with van der Waals surface area (Å²) in [5, 5.41) is 0. The lowest BCUT2D eigenvalue weighted by Crippen LogP contribution is -1.46. The molecule has 0 rings (SSSR count). The standard InChI is InChI=1S/CH2ClF2P/c2-1-5(3)4/h1H2. The molecule has 0 radical (unpaired) electrons. The van der Waals surface area contributed by atoms with Crippen molar-refractivity contribution >= 4 is 20.1 Å². The molecule has 0 aromatic heterocycles. The molecule has 0 heterocycles. The maximum absolute atomic E-state index is 10.7. The first-order valence-electron chi connectivity index (χ1n) is 0.922. The van der Waals surface area contributed by atoms with Crippen LogP contribution in [0.3, 0.4) is 0 Å². The summed E-state index contributed by atoms with van der Waals surface area (Å²) in [5.74, 6) is 0. The fraction of sp³-hybridized carbons (Fsp3) is 1.00. The maximum Gasteiger partial charge on any atom is 0.281 e. The van der Waals surface area contributed by atoms with Crippen molar-refractivity contribution in [2.45, 2.75) is 0 Å². The van der Waals surface area contributed by atoms with Crippen molar-refractivity contribution in [2.24, 2.45) is 0 Å². The molecule has 0 aliphatic carbocycles. The molecule has 32 valence electrons. The van der Waals surface area contributed by atoms with E-state index < -0.39 is 14.2 Å². The molecule has 4 heteroatoms. The van der Waals surface area contributed by atoms with E-state index in [-0.39, 0.29) is 0 Å². The topological polar surface area (TPSA) is 0 Å². The largest absolute Gasteiger partial charge is 0.281 e. The van der Waals surface area contributed by atoms with E-state index in [2.05, 4.69) is 11.6 Å². The van der Waals surface area contributed by atoms with Gasteiger partial charge in [0, 0.05) is 0 Å². The van der Waals surface area contributed by atoms with Crippen LogP contribution in [0.2, 0.25) is 0 Å². The van der Waals surface area contributed by atoms with Gasteiger partial charge in [0.25, 0.3) is 8.54 Å². The number of hydrogen-bond acceptors (Lipinski definition) is 0. The molecule has 0 spiro atoms. The normalized spacial score (nSPS) is 9.60. The molecule has 0 nitrogen and oxygen atoms in total. The maximum atomic E-state index is 10.7. The summed E-state index contributed by atoms with van der Waals surface area (Å²) in [4.78, 5) is 0. The second kappa shape index (κ2) is 2.80. The highest BCUT2D eigenvalue weighted by Gasteiger charge is 1.95. The Morgan fingerprint density at radius 1 is 1.60 bits per heavy atom. The minimum atomic E-state index is -2.83. The van der Waals surface area contributed by atoms with Gasteiger partial charge in [-0.1, -0.05) is 0 Å². The summed E-state index contributed by atoms with van der Waals surface area (Å²) >= 11 is 4.62. The summed E-state index contributed by atoms with van der Waals surface area (Å²) in [6.45, 7) is 0. The van der Waals surface area contributed by atoms with Gasteiger partial charge in [-0.2, -0.15) is 8.39 Å². The Morgan fingerprint density at radius 2 is 1.80 bits per heavy atom. The van der Waals surface area contributed by atoms with Gasteiger partial charge in [0.05, 0.1) is 0 Å². The van der Waals surface area contributed by atoms with Crippen LogP contribution in [0.4, 0.5) is 8.39 Å². The van der Waals surface area contributed by atoms with Gasteiger partial charge in [-0.15, -0.1) is 11.6 Å². The van der Waals surface area contributed by atoms with E-state index in [0.717, 1.165) is 0 Å². The predicted molar refractivity (Wildman–Crippen MR) is 19.9 cm³/mol. The summed E-state index contributed by atoms with van der Waals surface area (Å²) < 4.78 is 21.4. The monoisotopic (exact) mass is 118 g/mol. The molecular formula is CH2ClF2P. The molecule has 0 bridgehead atoms. The van der Waals surface area contributed by atoms with Gasteiger partial charge in [-0.3, -0.25) is 0 Å². The van der Waals surface area contributed by atoms with E-state index in [4.69, 9.17) is 0 Å². The van der Waals surface area contributed by atoms with E-state index in [1.54, 1.807) is 0 Å². The highest BCUT2D eigenvalue weighted by molar-refractivity contribution is 7.48. The molecule has 0 saturated heterocycles. The van der Waals surface area contributed by atoms with Gasteiger partial charge in [-0.25, -0.2) is 0 Å². The Kier molecular flexibility index (Phi) is 3.12. The van der Waals surface area contributed by atoms with Crippen LogP contribution in [0.15, 0.2) is 0 Å². The Balaban J connectivity index is 2.54. The van der Waals surface area contributed by atoms with Crippen LogP contribution < -0.4 is 0 Å². The molecule has 0 aliphatic rings. The van der Waals surface area contributed by atoms with Crippen LogP contribution in [-0.2, 0) is 0 Å². The predicted octanol–water partition coefficient (Wildman–Crippen LogP) is 2.43. The number of hydrogen-bond donors (Lipinski definition) is 0. The van der Waals surface area contributed by atoms with Gasteiger partial charge in [0.15, 0.2) is 0 Å². The van der Waals surface area contributed by atoms with Crippen LogP contribution in [0.5, 0.6) is 0 Å². The Labute approximate surface area is 35.1 Å². The van der Waals surface area contributed by atoms with E-state index in [1.807, 2.05) is 0 Å². The van der Waals surface area contributed by atoms with E-state index in [1.165, 1.54) is 0 Å². The van der Waals surface area contributed by atoms with Crippen molar-refractivity contribution in [1.29, 1.82) is 0 Å². The average molecular weight is 118 g/mol. The second-order valence-electron chi connectivity index (χ2n) is 0.422. The third-order valence-electron chi connectivity index (χ3n) is 0.0904. The minimum Gasteiger partial charge on any atom is -0.187 e. The van der Waals surface area contributed by atoms with Crippen LogP contribution in [0.25, 0.3) is 0 Å².